The van der Waals surface area contributed by atoms with E-state index in [0.29, 0.717) is 11.1 Å². The van der Waals surface area contributed by atoms with Gasteiger partial charge in [-0.15, -0.1) is 0 Å². The fraction of sp³-hybridized carbons (Fsp3) is 0.538. The lowest BCUT2D eigenvalue weighted by molar-refractivity contribution is 0.115. The zero-order valence-corrected chi connectivity index (χ0v) is 11.4. The van der Waals surface area contributed by atoms with Crippen LogP contribution in [0.25, 0.3) is 0 Å². The van der Waals surface area contributed by atoms with E-state index in [4.69, 9.17) is 22.7 Å². The molecule has 18 heavy (non-hydrogen) atoms. The van der Waals surface area contributed by atoms with Crippen LogP contribution in [0.3, 0.4) is 0 Å². The van der Waals surface area contributed by atoms with Crippen molar-refractivity contribution < 1.29 is 4.74 Å². The molecule has 2 N–H and O–H groups in total. The highest BCUT2D eigenvalue weighted by atomic mass is 32.1. The minimum absolute atomic E-state index is 0.297. The van der Waals surface area contributed by atoms with Gasteiger partial charge in [0.15, 0.2) is 0 Å². The van der Waals surface area contributed by atoms with Crippen LogP contribution in [0.2, 0.25) is 0 Å². The predicted octanol–water partition coefficient (Wildman–Crippen LogP) is 1.72. The number of ether oxygens (including phenoxy) is 1. The molecule has 0 radical (unpaired) electrons. The molecule has 0 amide bonds. The van der Waals surface area contributed by atoms with Crippen molar-refractivity contribution in [2.45, 2.75) is 25.9 Å². The molecule has 1 saturated heterocycles. The van der Waals surface area contributed by atoms with Crippen molar-refractivity contribution in [3.05, 3.63) is 23.9 Å². The van der Waals surface area contributed by atoms with E-state index in [1.165, 1.54) is 0 Å². The van der Waals surface area contributed by atoms with E-state index in [2.05, 4.69) is 16.8 Å². The van der Waals surface area contributed by atoms with Crippen molar-refractivity contribution in [1.29, 1.82) is 0 Å². The normalized spacial score (nSPS) is 18.8. The Hall–Kier alpha value is -1.20. The molecule has 1 fully saturated rings. The third-order valence-electron chi connectivity index (χ3n) is 3.18. The van der Waals surface area contributed by atoms with Crippen LogP contribution in [0.5, 0.6) is 0 Å². The summed E-state index contributed by atoms with van der Waals surface area (Å²) >= 11 is 5.08. The second kappa shape index (κ2) is 6.11. The number of rotatable bonds is 5. The first-order valence-electron chi connectivity index (χ1n) is 6.33. The van der Waals surface area contributed by atoms with Crippen molar-refractivity contribution in [1.82, 2.24) is 4.98 Å². The molecule has 1 aromatic rings. The zero-order valence-electron chi connectivity index (χ0n) is 10.6. The molecular weight excluding hydrogens is 246 g/mol. The Labute approximate surface area is 113 Å². The number of nitrogens with zero attached hydrogens (tertiary/aromatic N) is 2. The molecule has 0 bridgehead atoms. The fourth-order valence-corrected chi connectivity index (χ4v) is 2.40. The Balaban J connectivity index is 2.18. The lowest BCUT2D eigenvalue weighted by Gasteiger charge is -2.26. The second-order valence-electron chi connectivity index (χ2n) is 4.41. The maximum Gasteiger partial charge on any atom is 0.138 e. The van der Waals surface area contributed by atoms with Crippen molar-refractivity contribution in [2.75, 3.05) is 24.6 Å². The van der Waals surface area contributed by atoms with Gasteiger partial charge in [0.1, 0.15) is 10.8 Å². The molecule has 4 nitrogen and oxygen atoms in total. The van der Waals surface area contributed by atoms with E-state index in [0.717, 1.165) is 43.9 Å². The number of pyridine rings is 1. The van der Waals surface area contributed by atoms with E-state index in [1.807, 2.05) is 12.1 Å². The molecule has 1 aliphatic rings. The van der Waals surface area contributed by atoms with Crippen LogP contribution in [-0.4, -0.2) is 35.8 Å². The molecule has 0 aliphatic carbocycles. The van der Waals surface area contributed by atoms with E-state index < -0.39 is 0 Å². The lowest BCUT2D eigenvalue weighted by atomic mass is 10.2. The van der Waals surface area contributed by atoms with Gasteiger partial charge in [0.05, 0.1) is 11.7 Å². The molecule has 98 valence electrons. The van der Waals surface area contributed by atoms with Gasteiger partial charge < -0.3 is 15.4 Å². The summed E-state index contributed by atoms with van der Waals surface area (Å²) in [5.41, 5.74) is 6.59. The van der Waals surface area contributed by atoms with Gasteiger partial charge >= 0.3 is 0 Å². The SMILES string of the molecule is CCN(CC1CCCO1)c1ncccc1C(N)=S. The molecule has 1 atom stereocenters. The first-order chi connectivity index (χ1) is 8.72. The second-order valence-corrected chi connectivity index (χ2v) is 4.85. The van der Waals surface area contributed by atoms with Crippen LogP contribution in [0.15, 0.2) is 18.3 Å². The predicted molar refractivity (Wildman–Crippen MR) is 77.0 cm³/mol. The third kappa shape index (κ3) is 2.97. The molecule has 1 aliphatic heterocycles. The highest BCUT2D eigenvalue weighted by Gasteiger charge is 2.21. The lowest BCUT2D eigenvalue weighted by Crippen LogP contribution is -2.34. The first kappa shape index (κ1) is 13.2. The molecule has 0 aromatic carbocycles. The standard InChI is InChI=1S/C13H19N3OS/c1-2-16(9-10-5-4-8-17-10)13-11(12(14)18)6-3-7-15-13/h3,6-7,10H,2,4-5,8-9H2,1H3,(H2,14,18). The van der Waals surface area contributed by atoms with E-state index in [1.54, 1.807) is 6.20 Å². The smallest absolute Gasteiger partial charge is 0.138 e. The summed E-state index contributed by atoms with van der Waals surface area (Å²) in [6.45, 7) is 4.69. The summed E-state index contributed by atoms with van der Waals surface area (Å²) in [4.78, 5) is 6.99. The summed E-state index contributed by atoms with van der Waals surface area (Å²) in [7, 11) is 0. The molecular formula is C13H19N3OS. The Bertz CT molecular complexity index is 418. The summed E-state index contributed by atoms with van der Waals surface area (Å²) in [6, 6.07) is 3.78. The Morgan fingerprint density at radius 2 is 2.50 bits per heavy atom. The number of nitrogens with two attached hydrogens (primary N) is 1. The monoisotopic (exact) mass is 265 g/mol. The minimum atomic E-state index is 0.297. The van der Waals surface area contributed by atoms with Crippen LogP contribution >= 0.6 is 12.2 Å². The van der Waals surface area contributed by atoms with Crippen molar-refractivity contribution in [3.63, 3.8) is 0 Å². The topological polar surface area (TPSA) is 51.4 Å². The number of anilines is 1. The number of likely N-dealkylation sites (N-methyl/N-ethyl adjacent to an activating group) is 1. The van der Waals surface area contributed by atoms with Gasteiger partial charge in [0, 0.05) is 25.9 Å². The van der Waals surface area contributed by atoms with Crippen LogP contribution in [-0.2, 0) is 4.74 Å². The summed E-state index contributed by atoms with van der Waals surface area (Å²) in [6.07, 6.45) is 4.33. The van der Waals surface area contributed by atoms with Crippen LogP contribution in [0.4, 0.5) is 5.82 Å². The highest BCUT2D eigenvalue weighted by molar-refractivity contribution is 7.80. The number of aromatic nitrogens is 1. The zero-order chi connectivity index (χ0) is 13.0. The van der Waals surface area contributed by atoms with Gasteiger partial charge in [-0.2, -0.15) is 0 Å². The van der Waals surface area contributed by atoms with Gasteiger partial charge in [-0.25, -0.2) is 4.98 Å². The quantitative estimate of drug-likeness (QED) is 0.822. The Morgan fingerprint density at radius 3 is 3.11 bits per heavy atom. The van der Waals surface area contributed by atoms with E-state index >= 15 is 0 Å². The molecule has 2 heterocycles. The molecule has 0 spiro atoms. The molecule has 1 unspecified atom stereocenters. The summed E-state index contributed by atoms with van der Waals surface area (Å²) in [5.74, 6) is 0.864. The Morgan fingerprint density at radius 1 is 1.67 bits per heavy atom. The molecule has 5 heteroatoms. The molecule has 0 saturated carbocycles. The third-order valence-corrected chi connectivity index (χ3v) is 3.40. The molecule has 1 aromatic heterocycles. The van der Waals surface area contributed by atoms with Gasteiger partial charge in [0.25, 0.3) is 0 Å². The average molecular weight is 265 g/mol. The van der Waals surface area contributed by atoms with Gasteiger partial charge in [0.2, 0.25) is 0 Å². The van der Waals surface area contributed by atoms with Crippen LogP contribution < -0.4 is 10.6 Å². The maximum absolute atomic E-state index is 5.75. The van der Waals surface area contributed by atoms with Gasteiger partial charge in [-0.1, -0.05) is 12.2 Å². The average Bonchev–Trinajstić information content (AvgIpc) is 2.88. The molecule has 2 rings (SSSR count). The van der Waals surface area contributed by atoms with Crippen LogP contribution in [0, 0.1) is 0 Å². The van der Waals surface area contributed by atoms with Crippen LogP contribution in [0.1, 0.15) is 25.3 Å². The van der Waals surface area contributed by atoms with E-state index in [-0.39, 0.29) is 0 Å². The van der Waals surface area contributed by atoms with Gasteiger partial charge in [-0.3, -0.25) is 0 Å². The van der Waals surface area contributed by atoms with Gasteiger partial charge in [-0.05, 0) is 31.9 Å². The van der Waals surface area contributed by atoms with Crippen molar-refractivity contribution >= 4 is 23.0 Å². The summed E-state index contributed by atoms with van der Waals surface area (Å²) in [5, 5.41) is 0. The maximum atomic E-state index is 5.75. The number of thiocarbonyl (C=S) groups is 1. The fourth-order valence-electron chi connectivity index (χ4n) is 2.24. The number of hydrogen-bond acceptors (Lipinski definition) is 4. The van der Waals surface area contributed by atoms with Crippen molar-refractivity contribution in [3.8, 4) is 0 Å². The first-order valence-corrected chi connectivity index (χ1v) is 6.74. The minimum Gasteiger partial charge on any atom is -0.389 e. The Kier molecular flexibility index (Phi) is 4.49. The largest absolute Gasteiger partial charge is 0.389 e. The van der Waals surface area contributed by atoms with E-state index in [9.17, 15) is 0 Å². The highest BCUT2D eigenvalue weighted by Crippen LogP contribution is 2.20. The summed E-state index contributed by atoms with van der Waals surface area (Å²) < 4.78 is 5.67. The van der Waals surface area contributed by atoms with Crippen molar-refractivity contribution in [2.24, 2.45) is 5.73 Å². The number of hydrogen-bond donors (Lipinski definition) is 1.